The highest BCUT2D eigenvalue weighted by atomic mass is 32.2. The van der Waals surface area contributed by atoms with Crippen LogP contribution in [0.5, 0.6) is 5.75 Å². The molecular formula is C26H23NO6S. The number of benzene rings is 3. The molecule has 0 radical (unpaired) electrons. The number of carboxylic acid groups (broad SMARTS) is 1. The first kappa shape index (κ1) is 23.4. The summed E-state index contributed by atoms with van der Waals surface area (Å²) in [6.45, 7) is 0.435. The summed E-state index contributed by atoms with van der Waals surface area (Å²) in [5.41, 5.74) is 2.68. The summed E-state index contributed by atoms with van der Waals surface area (Å²) in [6, 6.07) is 23.8. The van der Waals surface area contributed by atoms with Gasteiger partial charge in [0.2, 0.25) is 5.91 Å². The lowest BCUT2D eigenvalue weighted by Gasteiger charge is -2.25. The number of carboxylic acids is 1. The van der Waals surface area contributed by atoms with Crippen LogP contribution >= 0.6 is 11.8 Å². The van der Waals surface area contributed by atoms with Crippen molar-refractivity contribution >= 4 is 35.3 Å². The molecule has 1 fully saturated rings. The summed E-state index contributed by atoms with van der Waals surface area (Å²) in [4.78, 5) is 38.1. The Hall–Kier alpha value is -3.78. The number of nitrogens with zero attached hydrogens (tertiary/aromatic N) is 1. The highest BCUT2D eigenvalue weighted by Crippen LogP contribution is 2.47. The zero-order chi connectivity index (χ0) is 24.1. The average molecular weight is 478 g/mol. The fourth-order valence-electron chi connectivity index (χ4n) is 3.70. The molecule has 1 aliphatic rings. The van der Waals surface area contributed by atoms with E-state index in [1.807, 2.05) is 54.6 Å². The van der Waals surface area contributed by atoms with E-state index in [1.54, 1.807) is 29.2 Å². The van der Waals surface area contributed by atoms with Crippen LogP contribution in [0.2, 0.25) is 0 Å². The normalized spacial score (nSPS) is 17.4. The van der Waals surface area contributed by atoms with Gasteiger partial charge in [-0.25, -0.2) is 4.79 Å². The predicted molar refractivity (Wildman–Crippen MR) is 129 cm³/mol. The number of hydrogen-bond acceptors (Lipinski definition) is 6. The maximum atomic E-state index is 13.2. The van der Waals surface area contributed by atoms with Crippen molar-refractivity contribution in [1.82, 2.24) is 0 Å². The molecular weight excluding hydrogens is 454 g/mol. The molecule has 174 valence electrons. The van der Waals surface area contributed by atoms with Crippen molar-refractivity contribution < 1.29 is 29.0 Å². The van der Waals surface area contributed by atoms with Gasteiger partial charge in [-0.05, 0) is 41.5 Å². The van der Waals surface area contributed by atoms with Gasteiger partial charge < -0.3 is 14.6 Å². The Kier molecular flexibility index (Phi) is 7.18. The van der Waals surface area contributed by atoms with Crippen LogP contribution in [0.3, 0.4) is 0 Å². The second-order valence-corrected chi connectivity index (χ2v) is 8.96. The fourth-order valence-corrected chi connectivity index (χ4v) is 5.14. The van der Waals surface area contributed by atoms with E-state index in [0.29, 0.717) is 23.6 Å². The van der Waals surface area contributed by atoms with Gasteiger partial charge in [0, 0.05) is 5.69 Å². The number of ether oxygens (including phenoxy) is 2. The Bertz CT molecular complexity index is 1180. The zero-order valence-electron chi connectivity index (χ0n) is 18.4. The van der Waals surface area contributed by atoms with Gasteiger partial charge in [-0.3, -0.25) is 14.5 Å². The van der Waals surface area contributed by atoms with E-state index in [-0.39, 0.29) is 12.3 Å². The van der Waals surface area contributed by atoms with Gasteiger partial charge in [0.1, 0.15) is 17.7 Å². The van der Waals surface area contributed by atoms with Crippen LogP contribution in [0.1, 0.15) is 33.3 Å². The molecule has 1 saturated heterocycles. The quantitative estimate of drug-likeness (QED) is 0.471. The van der Waals surface area contributed by atoms with Crippen molar-refractivity contribution in [1.29, 1.82) is 0 Å². The Balaban J connectivity index is 1.59. The van der Waals surface area contributed by atoms with Gasteiger partial charge in [0.05, 0.1) is 24.3 Å². The molecule has 7 nitrogen and oxygen atoms in total. The van der Waals surface area contributed by atoms with E-state index in [4.69, 9.17) is 9.47 Å². The molecule has 4 rings (SSSR count). The van der Waals surface area contributed by atoms with Gasteiger partial charge in [0.15, 0.2) is 0 Å². The van der Waals surface area contributed by atoms with Gasteiger partial charge in [-0.1, -0.05) is 48.5 Å². The molecule has 3 aromatic carbocycles. The maximum Gasteiger partial charge on any atom is 0.337 e. The molecule has 0 bridgehead atoms. The summed E-state index contributed by atoms with van der Waals surface area (Å²) < 4.78 is 10.6. The first-order chi connectivity index (χ1) is 16.5. The Morgan fingerprint density at radius 2 is 1.74 bits per heavy atom. The van der Waals surface area contributed by atoms with Gasteiger partial charge in [-0.15, -0.1) is 11.8 Å². The van der Waals surface area contributed by atoms with Gasteiger partial charge in [0.25, 0.3) is 0 Å². The maximum absolute atomic E-state index is 13.2. The lowest BCUT2D eigenvalue weighted by atomic mass is 10.1. The lowest BCUT2D eigenvalue weighted by molar-refractivity contribution is -0.138. The van der Waals surface area contributed by atoms with Crippen LogP contribution in [-0.4, -0.2) is 35.3 Å². The highest BCUT2D eigenvalue weighted by molar-refractivity contribution is 8.01. The van der Waals surface area contributed by atoms with E-state index in [0.717, 1.165) is 11.1 Å². The standard InChI is InChI=1S/C26H23NO6S/c1-32-26(31)19-8-5-9-20(14-19)27-24(30)22(15-23(28)29)34-25(27)18-10-12-21(13-11-18)33-16-17-6-3-2-4-7-17/h2-14,22,25H,15-16H2,1H3,(H,28,29). The van der Waals surface area contributed by atoms with Crippen molar-refractivity contribution in [2.24, 2.45) is 0 Å². The van der Waals surface area contributed by atoms with Crippen molar-refractivity contribution in [2.45, 2.75) is 23.7 Å². The summed E-state index contributed by atoms with van der Waals surface area (Å²) in [7, 11) is 1.29. The largest absolute Gasteiger partial charge is 0.489 e. The van der Waals surface area contributed by atoms with E-state index < -0.39 is 22.6 Å². The van der Waals surface area contributed by atoms with Crippen LogP contribution in [0.4, 0.5) is 5.69 Å². The number of thioether (sulfide) groups is 1. The van der Waals surface area contributed by atoms with Crippen molar-refractivity contribution in [3.63, 3.8) is 0 Å². The number of hydrogen-bond donors (Lipinski definition) is 1. The minimum absolute atomic E-state index is 0.286. The topological polar surface area (TPSA) is 93.1 Å². The fraction of sp³-hybridized carbons (Fsp3) is 0.192. The minimum Gasteiger partial charge on any atom is -0.489 e. The third-order valence-electron chi connectivity index (χ3n) is 5.36. The summed E-state index contributed by atoms with van der Waals surface area (Å²) in [5, 5.41) is 8.09. The van der Waals surface area contributed by atoms with Gasteiger partial charge in [-0.2, -0.15) is 0 Å². The Morgan fingerprint density at radius 3 is 2.41 bits per heavy atom. The molecule has 1 aliphatic heterocycles. The van der Waals surface area contributed by atoms with Crippen LogP contribution < -0.4 is 9.64 Å². The third kappa shape index (κ3) is 5.23. The molecule has 0 spiro atoms. The van der Waals surface area contributed by atoms with Crippen LogP contribution in [0.25, 0.3) is 0 Å². The predicted octanol–water partition coefficient (Wildman–Crippen LogP) is 4.67. The minimum atomic E-state index is -1.04. The van der Waals surface area contributed by atoms with E-state index in [1.165, 1.54) is 18.9 Å². The number of methoxy groups -OCH3 is 1. The lowest BCUT2D eigenvalue weighted by Crippen LogP contribution is -2.32. The van der Waals surface area contributed by atoms with Crippen molar-refractivity contribution in [2.75, 3.05) is 12.0 Å². The first-order valence-electron chi connectivity index (χ1n) is 10.6. The molecule has 34 heavy (non-hydrogen) atoms. The summed E-state index contributed by atoms with van der Waals surface area (Å²) >= 11 is 1.28. The second-order valence-electron chi connectivity index (χ2n) is 7.67. The highest BCUT2D eigenvalue weighted by Gasteiger charge is 2.43. The molecule has 8 heteroatoms. The average Bonchev–Trinajstić information content (AvgIpc) is 3.18. The Labute approximate surface area is 201 Å². The molecule has 2 unspecified atom stereocenters. The number of rotatable bonds is 8. The number of carbonyl (C=O) groups excluding carboxylic acids is 2. The zero-order valence-corrected chi connectivity index (χ0v) is 19.2. The molecule has 0 aromatic heterocycles. The first-order valence-corrected chi connectivity index (χ1v) is 11.6. The van der Waals surface area contributed by atoms with E-state index >= 15 is 0 Å². The molecule has 0 aliphatic carbocycles. The number of esters is 1. The van der Waals surface area contributed by atoms with Crippen LogP contribution in [0.15, 0.2) is 78.9 Å². The van der Waals surface area contributed by atoms with E-state index in [2.05, 4.69) is 0 Å². The molecule has 2 atom stereocenters. The third-order valence-corrected chi connectivity index (χ3v) is 6.80. The van der Waals surface area contributed by atoms with Gasteiger partial charge >= 0.3 is 11.9 Å². The summed E-state index contributed by atoms with van der Waals surface area (Å²) in [5.74, 6) is -1.19. The number of carbonyl (C=O) groups is 3. The van der Waals surface area contributed by atoms with Crippen molar-refractivity contribution in [3.05, 3.63) is 95.6 Å². The number of anilines is 1. The molecule has 0 saturated carbocycles. The second kappa shape index (κ2) is 10.4. The van der Waals surface area contributed by atoms with Crippen molar-refractivity contribution in [3.8, 4) is 5.75 Å². The summed E-state index contributed by atoms with van der Waals surface area (Å²) in [6.07, 6.45) is -0.286. The monoisotopic (exact) mass is 477 g/mol. The van der Waals surface area contributed by atoms with Crippen LogP contribution in [-0.2, 0) is 20.9 Å². The molecule has 3 aromatic rings. The molecule has 1 amide bonds. The number of aliphatic carboxylic acids is 1. The van der Waals surface area contributed by atoms with E-state index in [9.17, 15) is 19.5 Å². The SMILES string of the molecule is COC(=O)c1cccc(N2C(=O)C(CC(=O)O)SC2c2ccc(OCc3ccccc3)cc2)c1. The number of amides is 1. The Morgan fingerprint density at radius 1 is 1.00 bits per heavy atom. The smallest absolute Gasteiger partial charge is 0.337 e. The molecule has 1 N–H and O–H groups in total. The van der Waals surface area contributed by atoms with Crippen LogP contribution in [0, 0.1) is 0 Å². The molecule has 1 heterocycles.